The molecule has 2 rings (SSSR count). The molecule has 1 fully saturated rings. The fourth-order valence-electron chi connectivity index (χ4n) is 1.48. The van der Waals surface area contributed by atoms with Crippen LogP contribution in [0.4, 0.5) is 0 Å². The van der Waals surface area contributed by atoms with E-state index in [0.29, 0.717) is 5.92 Å². The van der Waals surface area contributed by atoms with Crippen LogP contribution in [0.5, 0.6) is 0 Å². The summed E-state index contributed by atoms with van der Waals surface area (Å²) in [4.78, 5) is 0. The van der Waals surface area contributed by atoms with Gasteiger partial charge in [-0.3, -0.25) is 5.43 Å². The second kappa shape index (κ2) is 4.93. The van der Waals surface area contributed by atoms with E-state index in [-0.39, 0.29) is 5.11 Å². The molecule has 0 aliphatic heterocycles. The predicted octanol–water partition coefficient (Wildman–Crippen LogP) is 2.40. The minimum atomic E-state index is 0.204. The van der Waals surface area contributed by atoms with Crippen molar-refractivity contribution in [1.29, 1.82) is 0 Å². The maximum Gasteiger partial charge on any atom is 0.184 e. The Labute approximate surface area is 108 Å². The van der Waals surface area contributed by atoms with Crippen LogP contribution in [0.25, 0.3) is 0 Å². The van der Waals surface area contributed by atoms with Gasteiger partial charge in [0.1, 0.15) is 0 Å². The molecule has 16 heavy (non-hydrogen) atoms. The normalized spacial score (nSPS) is 15.9. The van der Waals surface area contributed by atoms with Crippen LogP contribution >= 0.6 is 28.1 Å². The standard InChI is InChI=1S/C11H12BrN3S/c12-9-5-3-8(4-6-9)10(7-1-2-7)14-15-11(13)16/h3-7H,1-2H2,(H3,13,15,16). The molecule has 0 unspecified atom stereocenters. The quantitative estimate of drug-likeness (QED) is 0.512. The largest absolute Gasteiger partial charge is 0.375 e. The Morgan fingerprint density at radius 3 is 2.50 bits per heavy atom. The van der Waals surface area contributed by atoms with Gasteiger partial charge >= 0.3 is 0 Å². The first-order valence-electron chi connectivity index (χ1n) is 5.06. The van der Waals surface area contributed by atoms with E-state index in [0.717, 1.165) is 15.7 Å². The summed E-state index contributed by atoms with van der Waals surface area (Å²) in [5, 5.41) is 4.47. The summed E-state index contributed by atoms with van der Waals surface area (Å²) in [6.07, 6.45) is 2.38. The topological polar surface area (TPSA) is 50.4 Å². The first-order valence-corrected chi connectivity index (χ1v) is 6.26. The van der Waals surface area contributed by atoms with Crippen LogP contribution < -0.4 is 11.2 Å². The lowest BCUT2D eigenvalue weighted by molar-refractivity contribution is 0.998. The summed E-state index contributed by atoms with van der Waals surface area (Å²) in [7, 11) is 0. The number of benzene rings is 1. The van der Waals surface area contributed by atoms with Crippen molar-refractivity contribution in [2.75, 3.05) is 0 Å². The van der Waals surface area contributed by atoms with Gasteiger partial charge in [-0.15, -0.1) is 0 Å². The predicted molar refractivity (Wildman–Crippen MR) is 73.3 cm³/mol. The van der Waals surface area contributed by atoms with Crippen LogP contribution in [0.15, 0.2) is 33.8 Å². The number of nitrogens with zero attached hydrogens (tertiary/aromatic N) is 1. The van der Waals surface area contributed by atoms with Gasteiger partial charge in [0.25, 0.3) is 0 Å². The van der Waals surface area contributed by atoms with Crippen molar-refractivity contribution in [1.82, 2.24) is 5.43 Å². The van der Waals surface area contributed by atoms with Gasteiger partial charge in [-0.25, -0.2) is 0 Å². The van der Waals surface area contributed by atoms with E-state index < -0.39 is 0 Å². The lowest BCUT2D eigenvalue weighted by atomic mass is 10.1. The molecule has 1 aliphatic carbocycles. The molecule has 3 nitrogen and oxygen atoms in total. The van der Waals surface area contributed by atoms with Crippen LogP contribution in [0.2, 0.25) is 0 Å². The molecule has 1 saturated carbocycles. The van der Waals surface area contributed by atoms with E-state index in [1.807, 2.05) is 24.3 Å². The van der Waals surface area contributed by atoms with Crippen LogP contribution in [0.3, 0.4) is 0 Å². The fraction of sp³-hybridized carbons (Fsp3) is 0.273. The third kappa shape index (κ3) is 3.02. The molecular formula is C11H12BrN3S. The minimum absolute atomic E-state index is 0.204. The van der Waals surface area contributed by atoms with E-state index >= 15 is 0 Å². The number of thiocarbonyl (C=S) groups is 1. The van der Waals surface area contributed by atoms with Crippen LogP contribution in [-0.4, -0.2) is 10.8 Å². The van der Waals surface area contributed by atoms with E-state index in [9.17, 15) is 0 Å². The van der Waals surface area contributed by atoms with Gasteiger partial charge in [-0.1, -0.05) is 28.1 Å². The Morgan fingerprint density at radius 1 is 1.38 bits per heavy atom. The highest BCUT2D eigenvalue weighted by Crippen LogP contribution is 2.33. The number of hydrogen-bond donors (Lipinski definition) is 2. The Bertz CT molecular complexity index is 423. The summed E-state index contributed by atoms with van der Waals surface area (Å²) in [5.74, 6) is 0.544. The summed E-state index contributed by atoms with van der Waals surface area (Å²) in [6, 6.07) is 8.10. The third-order valence-corrected chi connectivity index (χ3v) is 3.01. The lowest BCUT2D eigenvalue weighted by Crippen LogP contribution is -2.26. The molecule has 0 spiro atoms. The van der Waals surface area contributed by atoms with Crippen molar-refractivity contribution in [2.24, 2.45) is 16.8 Å². The summed E-state index contributed by atoms with van der Waals surface area (Å²) in [5.41, 5.74) is 10.2. The highest BCUT2D eigenvalue weighted by atomic mass is 79.9. The average molecular weight is 298 g/mol. The first kappa shape index (κ1) is 11.5. The number of hydrogen-bond acceptors (Lipinski definition) is 2. The zero-order chi connectivity index (χ0) is 11.5. The van der Waals surface area contributed by atoms with Gasteiger partial charge in [-0.05, 0) is 42.8 Å². The number of nitrogens with two attached hydrogens (primary N) is 1. The monoisotopic (exact) mass is 297 g/mol. The summed E-state index contributed by atoms with van der Waals surface area (Å²) in [6.45, 7) is 0. The molecule has 0 radical (unpaired) electrons. The molecule has 0 amide bonds. The third-order valence-electron chi connectivity index (χ3n) is 2.39. The van der Waals surface area contributed by atoms with E-state index in [2.05, 4.69) is 26.5 Å². The molecule has 0 heterocycles. The molecule has 1 aliphatic rings. The van der Waals surface area contributed by atoms with E-state index in [1.165, 1.54) is 12.8 Å². The van der Waals surface area contributed by atoms with Gasteiger partial charge in [0, 0.05) is 10.4 Å². The molecule has 0 atom stereocenters. The summed E-state index contributed by atoms with van der Waals surface area (Å²) >= 11 is 8.16. The Hall–Kier alpha value is -0.940. The molecule has 0 aromatic heterocycles. The number of rotatable bonds is 3. The Balaban J connectivity index is 2.22. The summed E-state index contributed by atoms with van der Waals surface area (Å²) < 4.78 is 1.06. The van der Waals surface area contributed by atoms with Crippen LogP contribution in [-0.2, 0) is 0 Å². The molecule has 5 heteroatoms. The lowest BCUT2D eigenvalue weighted by Gasteiger charge is -2.06. The highest BCUT2D eigenvalue weighted by molar-refractivity contribution is 9.10. The molecular weight excluding hydrogens is 286 g/mol. The van der Waals surface area contributed by atoms with Gasteiger partial charge in [0.05, 0.1) is 5.71 Å². The molecule has 1 aromatic rings. The SMILES string of the molecule is NC(=S)NN=C(c1ccc(Br)cc1)C1CC1. The molecule has 0 bridgehead atoms. The maximum absolute atomic E-state index is 5.37. The molecule has 84 valence electrons. The zero-order valence-corrected chi connectivity index (χ0v) is 11.0. The Kier molecular flexibility index (Phi) is 3.56. The van der Waals surface area contributed by atoms with Crippen molar-refractivity contribution in [3.05, 3.63) is 34.3 Å². The van der Waals surface area contributed by atoms with E-state index in [1.54, 1.807) is 0 Å². The van der Waals surface area contributed by atoms with Gasteiger partial charge < -0.3 is 5.73 Å². The maximum atomic E-state index is 5.37. The van der Waals surface area contributed by atoms with Gasteiger partial charge in [0.15, 0.2) is 5.11 Å². The minimum Gasteiger partial charge on any atom is -0.375 e. The van der Waals surface area contributed by atoms with Gasteiger partial charge in [0.2, 0.25) is 0 Å². The van der Waals surface area contributed by atoms with Crippen molar-refractivity contribution in [3.8, 4) is 0 Å². The van der Waals surface area contributed by atoms with Crippen molar-refractivity contribution in [3.63, 3.8) is 0 Å². The average Bonchev–Trinajstić information content (AvgIpc) is 3.04. The van der Waals surface area contributed by atoms with Crippen molar-refractivity contribution >= 4 is 39.0 Å². The van der Waals surface area contributed by atoms with Gasteiger partial charge in [-0.2, -0.15) is 5.10 Å². The van der Waals surface area contributed by atoms with Crippen LogP contribution in [0, 0.1) is 5.92 Å². The second-order valence-electron chi connectivity index (χ2n) is 3.75. The number of hydrazone groups is 1. The number of nitrogens with one attached hydrogen (secondary N) is 1. The zero-order valence-electron chi connectivity index (χ0n) is 8.61. The molecule has 1 aromatic carbocycles. The van der Waals surface area contributed by atoms with Crippen molar-refractivity contribution < 1.29 is 0 Å². The molecule has 0 saturated heterocycles. The second-order valence-corrected chi connectivity index (χ2v) is 5.11. The smallest absolute Gasteiger partial charge is 0.184 e. The van der Waals surface area contributed by atoms with Crippen LogP contribution in [0.1, 0.15) is 18.4 Å². The molecule has 3 N–H and O–H groups in total. The fourth-order valence-corrected chi connectivity index (χ4v) is 1.79. The number of halogens is 1. The van der Waals surface area contributed by atoms with Crippen molar-refractivity contribution in [2.45, 2.75) is 12.8 Å². The van der Waals surface area contributed by atoms with E-state index in [4.69, 9.17) is 18.0 Å². The highest BCUT2D eigenvalue weighted by Gasteiger charge is 2.28. The Morgan fingerprint density at radius 2 is 2.00 bits per heavy atom. The first-order chi connectivity index (χ1) is 7.66.